The lowest BCUT2D eigenvalue weighted by molar-refractivity contribution is -0.115. The molecule has 1 aliphatic rings. The Hall–Kier alpha value is -3.16. The lowest BCUT2D eigenvalue weighted by Crippen LogP contribution is -2.20. The van der Waals surface area contributed by atoms with Crippen molar-refractivity contribution in [1.29, 1.82) is 0 Å². The average Bonchev–Trinajstić information content (AvgIpc) is 3.13. The maximum Gasteiger partial charge on any atom is 0.279 e. The molecule has 32 heavy (non-hydrogen) atoms. The van der Waals surface area contributed by atoms with Gasteiger partial charge in [0.15, 0.2) is 5.17 Å². The molecule has 3 aromatic rings. The van der Waals surface area contributed by atoms with Crippen molar-refractivity contribution in [2.75, 3.05) is 0 Å². The van der Waals surface area contributed by atoms with E-state index in [0.717, 1.165) is 27.4 Å². The number of carbonyl (C=O) groups excluding carboxylic acids is 2. The van der Waals surface area contributed by atoms with Gasteiger partial charge in [-0.25, -0.2) is 0 Å². The Morgan fingerprint density at radius 2 is 1.84 bits per heavy atom. The summed E-state index contributed by atoms with van der Waals surface area (Å²) in [7, 11) is 0. The van der Waals surface area contributed by atoms with Crippen molar-refractivity contribution in [3.63, 3.8) is 0 Å². The number of amides is 2. The zero-order valence-corrected chi connectivity index (χ0v) is 19.6. The minimum absolute atomic E-state index is 0.271. The maximum absolute atomic E-state index is 12.3. The number of amidine groups is 1. The number of carbonyl (C=O) groups is 2. The molecular weight excluding hydrogens is 488 g/mol. The molecule has 0 radical (unpaired) electrons. The lowest BCUT2D eigenvalue weighted by atomic mass is 10.1. The van der Waals surface area contributed by atoms with Crippen molar-refractivity contribution in [1.82, 2.24) is 5.32 Å². The normalized spacial score (nSPS) is 15.8. The van der Waals surface area contributed by atoms with E-state index in [1.807, 2.05) is 43.3 Å². The molecule has 5 nitrogen and oxygen atoms in total. The SMILES string of the molecule is Cc1ccc(COc2ccc(/C=C3\SC(=NC(=O)c4ccccc4)NC3=O)cc2Br)cc1. The van der Waals surface area contributed by atoms with Gasteiger partial charge < -0.3 is 10.1 Å². The van der Waals surface area contributed by atoms with Gasteiger partial charge in [-0.05, 0) is 76.1 Å². The Bertz CT molecular complexity index is 1220. The summed E-state index contributed by atoms with van der Waals surface area (Å²) < 4.78 is 6.69. The molecule has 1 fully saturated rings. The zero-order chi connectivity index (χ0) is 22.5. The third-order valence-electron chi connectivity index (χ3n) is 4.64. The van der Waals surface area contributed by atoms with Crippen LogP contribution in [-0.2, 0) is 11.4 Å². The number of nitrogens with one attached hydrogen (secondary N) is 1. The molecule has 0 aromatic heterocycles. The highest BCUT2D eigenvalue weighted by molar-refractivity contribution is 9.10. The molecule has 1 heterocycles. The van der Waals surface area contributed by atoms with E-state index in [1.54, 1.807) is 30.3 Å². The molecule has 160 valence electrons. The molecule has 0 spiro atoms. The monoisotopic (exact) mass is 506 g/mol. The van der Waals surface area contributed by atoms with Crippen molar-refractivity contribution in [2.45, 2.75) is 13.5 Å². The second-order valence-electron chi connectivity index (χ2n) is 7.12. The number of halogens is 1. The van der Waals surface area contributed by atoms with Crippen LogP contribution in [0, 0.1) is 6.92 Å². The summed E-state index contributed by atoms with van der Waals surface area (Å²) in [6.07, 6.45) is 1.75. The topological polar surface area (TPSA) is 67.8 Å². The molecule has 4 rings (SSSR count). The third-order valence-corrected chi connectivity index (χ3v) is 6.17. The summed E-state index contributed by atoms with van der Waals surface area (Å²) in [5, 5.41) is 2.91. The molecule has 1 aliphatic heterocycles. The number of benzene rings is 3. The van der Waals surface area contributed by atoms with Crippen LogP contribution in [0.2, 0.25) is 0 Å². The fraction of sp³-hybridized carbons (Fsp3) is 0.0800. The smallest absolute Gasteiger partial charge is 0.279 e. The van der Waals surface area contributed by atoms with Gasteiger partial charge >= 0.3 is 0 Å². The summed E-state index contributed by atoms with van der Waals surface area (Å²) in [6, 6.07) is 22.5. The Morgan fingerprint density at radius 1 is 1.09 bits per heavy atom. The molecule has 7 heteroatoms. The number of nitrogens with zero attached hydrogens (tertiary/aromatic N) is 1. The second-order valence-corrected chi connectivity index (χ2v) is 9.00. The Balaban J connectivity index is 1.43. The van der Waals surface area contributed by atoms with Gasteiger partial charge in [0, 0.05) is 5.56 Å². The van der Waals surface area contributed by atoms with Gasteiger partial charge in [0.25, 0.3) is 11.8 Å². The average molecular weight is 507 g/mol. The van der Waals surface area contributed by atoms with E-state index in [9.17, 15) is 9.59 Å². The van der Waals surface area contributed by atoms with E-state index in [0.29, 0.717) is 22.8 Å². The van der Waals surface area contributed by atoms with E-state index in [1.165, 1.54) is 5.56 Å². The van der Waals surface area contributed by atoms with Gasteiger partial charge in [0.1, 0.15) is 12.4 Å². The third kappa shape index (κ3) is 5.55. The quantitative estimate of drug-likeness (QED) is 0.448. The number of ether oxygens (including phenoxy) is 1. The predicted molar refractivity (Wildman–Crippen MR) is 132 cm³/mol. The summed E-state index contributed by atoms with van der Waals surface area (Å²) in [4.78, 5) is 29.0. The maximum atomic E-state index is 12.3. The zero-order valence-electron chi connectivity index (χ0n) is 17.2. The van der Waals surface area contributed by atoms with Crippen LogP contribution >= 0.6 is 27.7 Å². The Morgan fingerprint density at radius 3 is 2.56 bits per heavy atom. The standard InChI is InChI=1S/C25H19BrN2O3S/c1-16-7-9-17(10-8-16)15-31-21-12-11-18(13-20(21)26)14-22-24(30)28-25(32-22)27-23(29)19-5-3-2-4-6-19/h2-14H,15H2,1H3,(H,27,28,29,30)/b22-14-. The van der Waals surface area contributed by atoms with Gasteiger partial charge in [0.05, 0.1) is 9.38 Å². The van der Waals surface area contributed by atoms with Crippen LogP contribution in [0.3, 0.4) is 0 Å². The van der Waals surface area contributed by atoms with Crippen LogP contribution in [0.1, 0.15) is 27.0 Å². The molecule has 0 saturated carbocycles. The first-order valence-electron chi connectivity index (χ1n) is 9.85. The number of rotatable bonds is 5. The van der Waals surface area contributed by atoms with Crippen LogP contribution in [0.5, 0.6) is 5.75 Å². The van der Waals surface area contributed by atoms with Gasteiger partial charge in [0.2, 0.25) is 0 Å². The molecule has 0 aliphatic carbocycles. The molecule has 2 amide bonds. The molecule has 0 unspecified atom stereocenters. The predicted octanol–water partition coefficient (Wildman–Crippen LogP) is 5.74. The van der Waals surface area contributed by atoms with Gasteiger partial charge in [-0.1, -0.05) is 54.1 Å². The summed E-state index contributed by atoms with van der Waals surface area (Å²) in [6.45, 7) is 2.51. The van der Waals surface area contributed by atoms with Crippen LogP contribution < -0.4 is 10.1 Å². The van der Waals surface area contributed by atoms with Crippen molar-refractivity contribution in [2.24, 2.45) is 4.99 Å². The molecular formula is C25H19BrN2O3S. The van der Waals surface area contributed by atoms with Gasteiger partial charge in [-0.15, -0.1) is 0 Å². The van der Waals surface area contributed by atoms with Crippen LogP contribution in [0.15, 0.2) is 87.2 Å². The Labute approximate surface area is 198 Å². The molecule has 3 aromatic carbocycles. The van der Waals surface area contributed by atoms with Crippen molar-refractivity contribution < 1.29 is 14.3 Å². The van der Waals surface area contributed by atoms with E-state index in [2.05, 4.69) is 38.4 Å². The van der Waals surface area contributed by atoms with Crippen LogP contribution in [-0.4, -0.2) is 17.0 Å². The van der Waals surface area contributed by atoms with Crippen molar-refractivity contribution in [3.05, 3.63) is 104 Å². The van der Waals surface area contributed by atoms with E-state index >= 15 is 0 Å². The number of aryl methyl sites for hydroxylation is 1. The highest BCUT2D eigenvalue weighted by Crippen LogP contribution is 2.31. The molecule has 1 N–H and O–H groups in total. The largest absolute Gasteiger partial charge is 0.488 e. The Kier molecular flexibility index (Phi) is 6.87. The molecule has 0 bridgehead atoms. The number of thioether (sulfide) groups is 1. The first-order valence-corrected chi connectivity index (χ1v) is 11.5. The fourth-order valence-electron chi connectivity index (χ4n) is 2.94. The van der Waals surface area contributed by atoms with Crippen molar-refractivity contribution in [3.8, 4) is 5.75 Å². The minimum atomic E-state index is -0.396. The van der Waals surface area contributed by atoms with Gasteiger partial charge in [-0.2, -0.15) is 4.99 Å². The fourth-order valence-corrected chi connectivity index (χ4v) is 4.27. The highest BCUT2D eigenvalue weighted by atomic mass is 79.9. The second kappa shape index (κ2) is 9.97. The molecule has 0 atom stereocenters. The number of hydrogen-bond donors (Lipinski definition) is 1. The number of aliphatic imine (C=N–C) groups is 1. The highest BCUT2D eigenvalue weighted by Gasteiger charge is 2.25. The first kappa shape index (κ1) is 22.0. The van der Waals surface area contributed by atoms with Crippen LogP contribution in [0.4, 0.5) is 0 Å². The lowest BCUT2D eigenvalue weighted by Gasteiger charge is -2.09. The van der Waals surface area contributed by atoms with E-state index in [-0.39, 0.29) is 11.1 Å². The van der Waals surface area contributed by atoms with Gasteiger partial charge in [-0.3, -0.25) is 9.59 Å². The van der Waals surface area contributed by atoms with E-state index < -0.39 is 5.91 Å². The summed E-state index contributed by atoms with van der Waals surface area (Å²) >= 11 is 4.68. The number of hydrogen-bond acceptors (Lipinski definition) is 4. The summed E-state index contributed by atoms with van der Waals surface area (Å²) in [5.74, 6) is 0.0323. The molecule has 1 saturated heterocycles. The summed E-state index contributed by atoms with van der Waals surface area (Å²) in [5.41, 5.74) is 3.59. The van der Waals surface area contributed by atoms with E-state index in [4.69, 9.17) is 4.74 Å². The van der Waals surface area contributed by atoms with Crippen molar-refractivity contribution >= 4 is 50.7 Å². The van der Waals surface area contributed by atoms with Crippen LogP contribution in [0.25, 0.3) is 6.08 Å². The minimum Gasteiger partial charge on any atom is -0.488 e. The first-order chi connectivity index (χ1) is 15.5.